The number of aliphatic carboxylic acids is 1. The van der Waals surface area contributed by atoms with Crippen molar-refractivity contribution in [2.45, 2.75) is 45.4 Å². The summed E-state index contributed by atoms with van der Waals surface area (Å²) < 4.78 is 0. The van der Waals surface area contributed by atoms with Crippen LogP contribution in [0.2, 0.25) is 0 Å². The minimum Gasteiger partial charge on any atom is -0.481 e. The van der Waals surface area contributed by atoms with Crippen LogP contribution < -0.4 is 5.32 Å². The van der Waals surface area contributed by atoms with Gasteiger partial charge in [0.2, 0.25) is 5.91 Å². The Labute approximate surface area is 124 Å². The van der Waals surface area contributed by atoms with Gasteiger partial charge in [-0.2, -0.15) is 0 Å². The molecule has 21 heavy (non-hydrogen) atoms. The molecule has 0 aliphatic carbocycles. The average Bonchev–Trinajstić information content (AvgIpc) is 2.95. The Morgan fingerprint density at radius 2 is 2.24 bits per heavy atom. The number of nitrogens with one attached hydrogen (secondary N) is 2. The molecular weight excluding hydrogens is 270 g/mol. The van der Waals surface area contributed by atoms with Crippen molar-refractivity contribution in [1.29, 1.82) is 0 Å². The van der Waals surface area contributed by atoms with E-state index in [-0.39, 0.29) is 18.7 Å². The molecule has 0 saturated carbocycles. The minimum absolute atomic E-state index is 0.0664. The van der Waals surface area contributed by atoms with E-state index in [1.807, 2.05) is 6.08 Å². The molecule has 0 saturated heterocycles. The van der Waals surface area contributed by atoms with E-state index in [4.69, 9.17) is 5.11 Å². The fourth-order valence-electron chi connectivity index (χ4n) is 1.91. The van der Waals surface area contributed by atoms with E-state index in [0.29, 0.717) is 19.4 Å². The molecule has 6 nitrogen and oxygen atoms in total. The van der Waals surface area contributed by atoms with Crippen molar-refractivity contribution in [3.8, 4) is 0 Å². The molecule has 1 heterocycles. The number of hydrogen-bond acceptors (Lipinski definition) is 3. The summed E-state index contributed by atoms with van der Waals surface area (Å²) in [6.45, 7) is 2.59. The first-order valence-corrected chi connectivity index (χ1v) is 7.25. The standard InChI is InChI=1S/C15H23N3O3/c1-2-3-4-12(5-6-15(20)21)9-14(19)17-8-7-13-10-16-11-18-13/h4,10-11H,2-3,5-9H2,1H3,(H,16,18)(H,17,19)(H,20,21). The Balaban J connectivity index is 2.34. The summed E-state index contributed by atoms with van der Waals surface area (Å²) in [4.78, 5) is 29.4. The van der Waals surface area contributed by atoms with Crippen LogP contribution in [0.15, 0.2) is 24.2 Å². The van der Waals surface area contributed by atoms with E-state index in [2.05, 4.69) is 22.2 Å². The summed E-state index contributed by atoms with van der Waals surface area (Å²) in [6.07, 6.45) is 8.65. The van der Waals surface area contributed by atoms with Gasteiger partial charge in [0.25, 0.3) is 0 Å². The number of nitrogens with zero attached hydrogens (tertiary/aromatic N) is 1. The Hall–Kier alpha value is -2.11. The first-order valence-electron chi connectivity index (χ1n) is 7.25. The van der Waals surface area contributed by atoms with Gasteiger partial charge in [0.15, 0.2) is 0 Å². The van der Waals surface area contributed by atoms with Gasteiger partial charge in [-0.05, 0) is 12.8 Å². The predicted octanol–water partition coefficient (Wildman–Crippen LogP) is 2.05. The Bertz CT molecular complexity index is 467. The Morgan fingerprint density at radius 1 is 1.43 bits per heavy atom. The lowest BCUT2D eigenvalue weighted by atomic mass is 10.0. The molecule has 3 N–H and O–H groups in total. The maximum absolute atomic E-state index is 11.9. The second-order valence-electron chi connectivity index (χ2n) is 4.90. The summed E-state index contributed by atoms with van der Waals surface area (Å²) in [5.41, 5.74) is 1.88. The van der Waals surface area contributed by atoms with Crippen LogP contribution in [0.1, 0.15) is 44.7 Å². The maximum atomic E-state index is 11.9. The molecule has 1 amide bonds. The van der Waals surface area contributed by atoms with Crippen molar-refractivity contribution in [2.24, 2.45) is 0 Å². The molecule has 0 aromatic carbocycles. The topological polar surface area (TPSA) is 95.1 Å². The molecular formula is C15H23N3O3. The highest BCUT2D eigenvalue weighted by molar-refractivity contribution is 5.78. The van der Waals surface area contributed by atoms with E-state index in [9.17, 15) is 9.59 Å². The number of unbranched alkanes of at least 4 members (excludes halogenated alkanes) is 1. The third kappa shape index (κ3) is 7.91. The monoisotopic (exact) mass is 293 g/mol. The lowest BCUT2D eigenvalue weighted by Gasteiger charge is -2.08. The average molecular weight is 293 g/mol. The van der Waals surface area contributed by atoms with Gasteiger partial charge in [0.05, 0.1) is 6.33 Å². The Morgan fingerprint density at radius 3 is 2.86 bits per heavy atom. The number of hydrogen-bond donors (Lipinski definition) is 3. The normalized spacial score (nSPS) is 11.4. The van der Waals surface area contributed by atoms with Crippen LogP contribution >= 0.6 is 0 Å². The number of rotatable bonds is 10. The molecule has 0 unspecified atom stereocenters. The third-order valence-corrected chi connectivity index (χ3v) is 3.04. The zero-order chi connectivity index (χ0) is 15.5. The summed E-state index contributed by atoms with van der Waals surface area (Å²) in [5.74, 6) is -0.903. The van der Waals surface area contributed by atoms with Gasteiger partial charge in [-0.1, -0.05) is 25.0 Å². The van der Waals surface area contributed by atoms with E-state index >= 15 is 0 Å². The molecule has 0 atom stereocenters. The van der Waals surface area contributed by atoms with Gasteiger partial charge in [-0.3, -0.25) is 9.59 Å². The summed E-state index contributed by atoms with van der Waals surface area (Å²) >= 11 is 0. The van der Waals surface area contributed by atoms with Crippen LogP contribution in [0.25, 0.3) is 0 Å². The predicted molar refractivity (Wildman–Crippen MR) is 79.8 cm³/mol. The SMILES string of the molecule is CCCC=C(CCC(=O)O)CC(=O)NCCc1cnc[nH]1. The number of imidazole rings is 1. The second-order valence-corrected chi connectivity index (χ2v) is 4.90. The van der Waals surface area contributed by atoms with Gasteiger partial charge in [-0.25, -0.2) is 4.98 Å². The number of carboxylic acids is 1. The molecule has 6 heteroatoms. The Kier molecular flexibility index (Phi) is 7.86. The van der Waals surface area contributed by atoms with Crippen molar-refractivity contribution >= 4 is 11.9 Å². The fraction of sp³-hybridized carbons (Fsp3) is 0.533. The number of amides is 1. The van der Waals surface area contributed by atoms with Crippen LogP contribution in [0.3, 0.4) is 0 Å². The van der Waals surface area contributed by atoms with Crippen molar-refractivity contribution in [1.82, 2.24) is 15.3 Å². The largest absolute Gasteiger partial charge is 0.481 e. The minimum atomic E-state index is -0.836. The number of carbonyl (C=O) groups is 2. The van der Waals surface area contributed by atoms with Gasteiger partial charge in [0.1, 0.15) is 0 Å². The lowest BCUT2D eigenvalue weighted by Crippen LogP contribution is -2.26. The van der Waals surface area contributed by atoms with Crippen LogP contribution in [0.4, 0.5) is 0 Å². The molecule has 0 fully saturated rings. The summed E-state index contributed by atoms with van der Waals surface area (Å²) in [6, 6.07) is 0. The third-order valence-electron chi connectivity index (χ3n) is 3.04. The van der Waals surface area contributed by atoms with Crippen molar-refractivity contribution < 1.29 is 14.7 Å². The smallest absolute Gasteiger partial charge is 0.303 e. The van der Waals surface area contributed by atoms with Crippen molar-refractivity contribution in [3.63, 3.8) is 0 Å². The molecule has 1 rings (SSSR count). The van der Waals surface area contributed by atoms with E-state index in [0.717, 1.165) is 24.1 Å². The van der Waals surface area contributed by atoms with Crippen LogP contribution in [-0.4, -0.2) is 33.5 Å². The summed E-state index contributed by atoms with van der Waals surface area (Å²) in [7, 11) is 0. The number of H-pyrrole nitrogens is 1. The molecule has 116 valence electrons. The molecule has 0 bridgehead atoms. The number of carbonyl (C=O) groups excluding carboxylic acids is 1. The van der Waals surface area contributed by atoms with Crippen LogP contribution in [-0.2, 0) is 16.0 Å². The number of aromatic nitrogens is 2. The number of aromatic amines is 1. The molecule has 1 aromatic heterocycles. The second kappa shape index (κ2) is 9.74. The van der Waals surface area contributed by atoms with Gasteiger partial charge in [-0.15, -0.1) is 0 Å². The summed E-state index contributed by atoms with van der Waals surface area (Å²) in [5, 5.41) is 11.6. The van der Waals surface area contributed by atoms with Crippen LogP contribution in [0, 0.1) is 0 Å². The number of carboxylic acid groups (broad SMARTS) is 1. The fourth-order valence-corrected chi connectivity index (χ4v) is 1.91. The first kappa shape index (κ1) is 16.9. The quantitative estimate of drug-likeness (QED) is 0.575. The first-order chi connectivity index (χ1) is 10.1. The molecule has 0 aliphatic rings. The molecule has 0 spiro atoms. The van der Waals surface area contributed by atoms with Gasteiger partial charge < -0.3 is 15.4 Å². The van der Waals surface area contributed by atoms with Crippen molar-refractivity contribution in [2.75, 3.05) is 6.54 Å². The van der Waals surface area contributed by atoms with Gasteiger partial charge in [0, 0.05) is 37.7 Å². The molecule has 0 aliphatic heterocycles. The maximum Gasteiger partial charge on any atom is 0.303 e. The zero-order valence-electron chi connectivity index (χ0n) is 12.4. The van der Waals surface area contributed by atoms with E-state index in [1.165, 1.54) is 0 Å². The van der Waals surface area contributed by atoms with Crippen molar-refractivity contribution in [3.05, 3.63) is 29.9 Å². The zero-order valence-corrected chi connectivity index (χ0v) is 12.4. The highest BCUT2D eigenvalue weighted by Gasteiger charge is 2.08. The van der Waals surface area contributed by atoms with E-state index < -0.39 is 5.97 Å². The van der Waals surface area contributed by atoms with Gasteiger partial charge >= 0.3 is 5.97 Å². The van der Waals surface area contributed by atoms with Crippen LogP contribution in [0.5, 0.6) is 0 Å². The molecule has 1 aromatic rings. The lowest BCUT2D eigenvalue weighted by molar-refractivity contribution is -0.137. The van der Waals surface area contributed by atoms with E-state index in [1.54, 1.807) is 12.5 Å². The highest BCUT2D eigenvalue weighted by Crippen LogP contribution is 2.12. The molecule has 0 radical (unpaired) electrons. The highest BCUT2D eigenvalue weighted by atomic mass is 16.4. The number of allylic oxidation sites excluding steroid dienone is 1.